The Morgan fingerprint density at radius 1 is 1.16 bits per heavy atom. The van der Waals surface area contributed by atoms with Gasteiger partial charge in [0.1, 0.15) is 17.9 Å². The number of hydrogen-bond donors (Lipinski definition) is 1. The molecule has 0 fully saturated rings. The van der Waals surface area contributed by atoms with Crippen LogP contribution < -0.4 is 10.1 Å². The molecule has 0 saturated carbocycles. The predicted molar refractivity (Wildman–Crippen MR) is 90.7 cm³/mol. The van der Waals surface area contributed by atoms with Crippen molar-refractivity contribution < 1.29 is 13.9 Å². The zero-order valence-electron chi connectivity index (χ0n) is 13.8. The molecule has 0 aliphatic heterocycles. The predicted octanol–water partition coefficient (Wildman–Crippen LogP) is 2.39. The maximum absolute atomic E-state index is 12.1. The summed E-state index contributed by atoms with van der Waals surface area (Å²) in [5.74, 6) is 1.10. The standard InChI is InChI=1S/C18H18N4O3/c1-2-24-15-9-4-3-7-13(15)12-20-16(23)11-17-21-22-18(25-17)14-8-5-6-10-19-14/h3-10H,2,11-12H2,1H3,(H,20,23). The topological polar surface area (TPSA) is 90.1 Å². The van der Waals surface area contributed by atoms with Crippen LogP contribution in [0.2, 0.25) is 0 Å². The highest BCUT2D eigenvalue weighted by atomic mass is 16.5. The number of pyridine rings is 1. The molecule has 25 heavy (non-hydrogen) atoms. The Morgan fingerprint density at radius 3 is 2.80 bits per heavy atom. The summed E-state index contributed by atoms with van der Waals surface area (Å²) in [7, 11) is 0. The van der Waals surface area contributed by atoms with Crippen molar-refractivity contribution in [2.75, 3.05) is 6.61 Å². The molecular weight excluding hydrogens is 320 g/mol. The van der Waals surface area contributed by atoms with Gasteiger partial charge in [0.25, 0.3) is 5.89 Å². The summed E-state index contributed by atoms with van der Waals surface area (Å²) in [6.45, 7) is 2.86. The van der Waals surface area contributed by atoms with Crippen molar-refractivity contribution in [3.05, 3.63) is 60.1 Å². The highest BCUT2D eigenvalue weighted by Crippen LogP contribution is 2.18. The van der Waals surface area contributed by atoms with Gasteiger partial charge in [0, 0.05) is 18.3 Å². The maximum Gasteiger partial charge on any atom is 0.266 e. The fourth-order valence-electron chi connectivity index (χ4n) is 2.26. The third-order valence-electron chi connectivity index (χ3n) is 3.41. The molecule has 0 spiro atoms. The molecule has 2 heterocycles. The van der Waals surface area contributed by atoms with Gasteiger partial charge in [-0.05, 0) is 25.1 Å². The van der Waals surface area contributed by atoms with Crippen molar-refractivity contribution in [2.45, 2.75) is 19.9 Å². The number of nitrogens with one attached hydrogen (secondary N) is 1. The zero-order chi connectivity index (χ0) is 17.5. The molecule has 7 nitrogen and oxygen atoms in total. The van der Waals surface area contributed by atoms with E-state index < -0.39 is 0 Å². The van der Waals surface area contributed by atoms with Crippen molar-refractivity contribution in [1.29, 1.82) is 0 Å². The summed E-state index contributed by atoms with van der Waals surface area (Å²) in [5, 5.41) is 10.6. The zero-order valence-corrected chi connectivity index (χ0v) is 13.8. The Hall–Kier alpha value is -3.22. The number of aromatic nitrogens is 3. The Morgan fingerprint density at radius 2 is 2.00 bits per heavy atom. The van der Waals surface area contributed by atoms with E-state index in [2.05, 4.69) is 20.5 Å². The molecule has 128 valence electrons. The lowest BCUT2D eigenvalue weighted by molar-refractivity contribution is -0.120. The molecule has 3 rings (SSSR count). The van der Waals surface area contributed by atoms with E-state index in [-0.39, 0.29) is 18.2 Å². The lowest BCUT2D eigenvalue weighted by Crippen LogP contribution is -2.25. The largest absolute Gasteiger partial charge is 0.494 e. The summed E-state index contributed by atoms with van der Waals surface area (Å²) in [6.07, 6.45) is 1.65. The van der Waals surface area contributed by atoms with Gasteiger partial charge in [-0.1, -0.05) is 24.3 Å². The third kappa shape index (κ3) is 4.41. The molecule has 0 saturated heterocycles. The molecule has 0 bridgehead atoms. The van der Waals surface area contributed by atoms with Crippen LogP contribution in [-0.4, -0.2) is 27.7 Å². The van der Waals surface area contributed by atoms with E-state index in [1.807, 2.05) is 37.3 Å². The molecule has 3 aromatic rings. The molecule has 2 aromatic heterocycles. The SMILES string of the molecule is CCOc1ccccc1CNC(=O)Cc1nnc(-c2ccccn2)o1. The number of rotatable bonds is 7. The highest BCUT2D eigenvalue weighted by molar-refractivity contribution is 5.77. The number of nitrogens with zero attached hydrogens (tertiary/aromatic N) is 3. The molecule has 0 aliphatic rings. The number of amides is 1. The second-order valence-corrected chi connectivity index (χ2v) is 5.21. The van der Waals surface area contributed by atoms with E-state index in [4.69, 9.17) is 9.15 Å². The van der Waals surface area contributed by atoms with E-state index >= 15 is 0 Å². The van der Waals surface area contributed by atoms with Crippen LogP contribution >= 0.6 is 0 Å². The quantitative estimate of drug-likeness (QED) is 0.711. The average Bonchev–Trinajstić information content (AvgIpc) is 3.10. The van der Waals surface area contributed by atoms with Gasteiger partial charge in [0.15, 0.2) is 0 Å². The first-order chi connectivity index (χ1) is 12.3. The van der Waals surface area contributed by atoms with Crippen LogP contribution in [0.15, 0.2) is 53.1 Å². The molecule has 1 amide bonds. The Kier molecular flexibility index (Phi) is 5.36. The van der Waals surface area contributed by atoms with Gasteiger partial charge < -0.3 is 14.5 Å². The lowest BCUT2D eigenvalue weighted by atomic mass is 10.2. The Labute approximate surface area is 145 Å². The van der Waals surface area contributed by atoms with Crippen molar-refractivity contribution in [1.82, 2.24) is 20.5 Å². The van der Waals surface area contributed by atoms with Gasteiger partial charge in [0.05, 0.1) is 6.61 Å². The number of para-hydroxylation sites is 1. The van der Waals surface area contributed by atoms with Gasteiger partial charge in [-0.2, -0.15) is 0 Å². The van der Waals surface area contributed by atoms with Gasteiger partial charge >= 0.3 is 0 Å². The molecule has 1 N–H and O–H groups in total. The van der Waals surface area contributed by atoms with Crippen LogP contribution in [0.25, 0.3) is 11.6 Å². The van der Waals surface area contributed by atoms with Crippen molar-refractivity contribution >= 4 is 5.91 Å². The highest BCUT2D eigenvalue weighted by Gasteiger charge is 2.13. The summed E-state index contributed by atoms with van der Waals surface area (Å²) in [4.78, 5) is 16.2. The summed E-state index contributed by atoms with van der Waals surface area (Å²) in [6, 6.07) is 13.0. The second kappa shape index (κ2) is 8.05. The van der Waals surface area contributed by atoms with Crippen LogP contribution in [0.5, 0.6) is 5.75 Å². The summed E-state index contributed by atoms with van der Waals surface area (Å²) in [5.41, 5.74) is 1.49. The van der Waals surface area contributed by atoms with Gasteiger partial charge in [-0.15, -0.1) is 10.2 Å². The molecule has 0 atom stereocenters. The minimum absolute atomic E-state index is 0.0106. The van der Waals surface area contributed by atoms with E-state index in [0.717, 1.165) is 11.3 Å². The lowest BCUT2D eigenvalue weighted by Gasteiger charge is -2.10. The molecule has 1 aromatic carbocycles. The number of hydrogen-bond acceptors (Lipinski definition) is 6. The maximum atomic E-state index is 12.1. The van der Waals surface area contributed by atoms with Crippen LogP contribution in [0.4, 0.5) is 0 Å². The number of benzene rings is 1. The van der Waals surface area contributed by atoms with Gasteiger partial charge in [0.2, 0.25) is 11.8 Å². The van der Waals surface area contributed by atoms with Crippen molar-refractivity contribution in [2.24, 2.45) is 0 Å². The van der Waals surface area contributed by atoms with Crippen LogP contribution in [0, 0.1) is 0 Å². The van der Waals surface area contributed by atoms with E-state index in [9.17, 15) is 4.79 Å². The van der Waals surface area contributed by atoms with Crippen LogP contribution in [0.1, 0.15) is 18.4 Å². The molecule has 0 aliphatic carbocycles. The minimum atomic E-state index is -0.206. The molecule has 0 radical (unpaired) electrons. The van der Waals surface area contributed by atoms with Gasteiger partial charge in [-0.3, -0.25) is 9.78 Å². The Bertz CT molecular complexity index is 833. The van der Waals surface area contributed by atoms with Crippen LogP contribution in [0.3, 0.4) is 0 Å². The second-order valence-electron chi connectivity index (χ2n) is 5.21. The first-order valence-corrected chi connectivity index (χ1v) is 7.97. The van der Waals surface area contributed by atoms with E-state index in [1.165, 1.54) is 0 Å². The normalized spacial score (nSPS) is 10.4. The van der Waals surface area contributed by atoms with E-state index in [0.29, 0.717) is 24.7 Å². The molecule has 0 unspecified atom stereocenters. The molecular formula is C18H18N4O3. The minimum Gasteiger partial charge on any atom is -0.494 e. The number of carbonyl (C=O) groups is 1. The first kappa shape index (κ1) is 16.6. The fourth-order valence-corrected chi connectivity index (χ4v) is 2.26. The third-order valence-corrected chi connectivity index (χ3v) is 3.41. The molecule has 7 heteroatoms. The summed E-state index contributed by atoms with van der Waals surface area (Å²) < 4.78 is 11.0. The van der Waals surface area contributed by atoms with Crippen molar-refractivity contribution in [3.8, 4) is 17.3 Å². The van der Waals surface area contributed by atoms with Crippen molar-refractivity contribution in [3.63, 3.8) is 0 Å². The van der Waals surface area contributed by atoms with E-state index in [1.54, 1.807) is 18.3 Å². The smallest absolute Gasteiger partial charge is 0.266 e. The monoisotopic (exact) mass is 338 g/mol. The number of ether oxygens (including phenoxy) is 1. The first-order valence-electron chi connectivity index (χ1n) is 7.97. The van der Waals surface area contributed by atoms with Crippen LogP contribution in [-0.2, 0) is 17.8 Å². The van der Waals surface area contributed by atoms with Gasteiger partial charge in [-0.25, -0.2) is 0 Å². The number of carbonyl (C=O) groups excluding carboxylic acids is 1. The average molecular weight is 338 g/mol. The Balaban J connectivity index is 1.58. The fraction of sp³-hybridized carbons (Fsp3) is 0.222. The summed E-state index contributed by atoms with van der Waals surface area (Å²) >= 11 is 0.